The van der Waals surface area contributed by atoms with Gasteiger partial charge in [-0.05, 0) is 36.8 Å². The molecule has 0 heterocycles. The molecule has 0 spiro atoms. The van der Waals surface area contributed by atoms with Crippen LogP contribution in [0.5, 0.6) is 0 Å². The van der Waals surface area contributed by atoms with Gasteiger partial charge in [0.25, 0.3) is 0 Å². The first-order valence-electron chi connectivity index (χ1n) is 7.47. The van der Waals surface area contributed by atoms with Gasteiger partial charge >= 0.3 is 5.97 Å². The third-order valence-corrected chi connectivity index (χ3v) is 3.83. The number of ether oxygens (including phenoxy) is 1. The zero-order chi connectivity index (χ0) is 17.5. The summed E-state index contributed by atoms with van der Waals surface area (Å²) < 4.78 is 4.67. The predicted molar refractivity (Wildman–Crippen MR) is 94.3 cm³/mol. The van der Waals surface area contributed by atoms with E-state index in [9.17, 15) is 9.59 Å². The van der Waals surface area contributed by atoms with Crippen LogP contribution in [0.3, 0.4) is 0 Å². The van der Waals surface area contributed by atoms with Crippen molar-refractivity contribution >= 4 is 29.2 Å². The van der Waals surface area contributed by atoms with E-state index in [4.69, 9.17) is 11.6 Å². The molecule has 0 aliphatic rings. The van der Waals surface area contributed by atoms with Gasteiger partial charge in [0.15, 0.2) is 0 Å². The molecule has 0 fully saturated rings. The van der Waals surface area contributed by atoms with Crippen molar-refractivity contribution in [1.29, 1.82) is 0 Å². The summed E-state index contributed by atoms with van der Waals surface area (Å²) in [6.45, 7) is 1.95. The molecule has 2 aromatic carbocycles. The first kappa shape index (κ1) is 17.8. The molecule has 0 radical (unpaired) electrons. The van der Waals surface area contributed by atoms with Crippen molar-refractivity contribution in [3.8, 4) is 0 Å². The molecule has 0 saturated carbocycles. The van der Waals surface area contributed by atoms with E-state index in [0.29, 0.717) is 16.3 Å². The lowest BCUT2D eigenvalue weighted by atomic mass is 10.1. The van der Waals surface area contributed by atoms with Gasteiger partial charge in [-0.1, -0.05) is 35.9 Å². The second-order valence-electron chi connectivity index (χ2n) is 5.24. The Morgan fingerprint density at radius 3 is 2.62 bits per heavy atom. The fourth-order valence-corrected chi connectivity index (χ4v) is 2.55. The quantitative estimate of drug-likeness (QED) is 0.786. The van der Waals surface area contributed by atoms with Crippen LogP contribution in [0.15, 0.2) is 48.5 Å². The summed E-state index contributed by atoms with van der Waals surface area (Å²) >= 11 is 6.13. The van der Waals surface area contributed by atoms with Crippen LogP contribution in [-0.4, -0.2) is 25.5 Å². The molecule has 24 heavy (non-hydrogen) atoms. The molecule has 1 unspecified atom stereocenters. The highest BCUT2D eigenvalue weighted by atomic mass is 35.5. The van der Waals surface area contributed by atoms with E-state index in [1.165, 1.54) is 7.11 Å². The summed E-state index contributed by atoms with van der Waals surface area (Å²) in [5, 5.41) is 6.48. The molecule has 1 amide bonds. The van der Waals surface area contributed by atoms with Crippen molar-refractivity contribution in [1.82, 2.24) is 5.32 Å². The summed E-state index contributed by atoms with van der Waals surface area (Å²) in [6.07, 6.45) is 0. The van der Waals surface area contributed by atoms with Crippen molar-refractivity contribution in [3.05, 3.63) is 64.7 Å². The maximum atomic E-state index is 12.1. The summed E-state index contributed by atoms with van der Waals surface area (Å²) in [4.78, 5) is 23.6. The molecule has 5 nitrogen and oxygen atoms in total. The topological polar surface area (TPSA) is 67.4 Å². The number of carbonyl (C=O) groups excluding carboxylic acids is 2. The number of methoxy groups -OCH3 is 1. The molecule has 6 heteroatoms. The Hall–Kier alpha value is -2.53. The third kappa shape index (κ3) is 4.73. The monoisotopic (exact) mass is 346 g/mol. The Kier molecular flexibility index (Phi) is 6.21. The molecule has 2 rings (SSSR count). The molecule has 0 aliphatic carbocycles. The number of halogens is 1. The number of rotatable bonds is 6. The fourth-order valence-electron chi connectivity index (χ4n) is 2.25. The minimum Gasteiger partial charge on any atom is -0.465 e. The number of benzene rings is 2. The first-order chi connectivity index (χ1) is 11.5. The standard InChI is InChI=1S/C18H19ClN2O3/c1-12(15-8-3-4-9-16(15)19)21-17(22)11-20-14-7-5-6-13(10-14)18(23)24-2/h3-10,12,20H,11H2,1-2H3,(H,21,22). The third-order valence-electron chi connectivity index (χ3n) is 3.49. The number of esters is 1. The summed E-state index contributed by atoms with van der Waals surface area (Å²) in [5.74, 6) is -0.596. The van der Waals surface area contributed by atoms with Crippen LogP contribution < -0.4 is 10.6 Å². The van der Waals surface area contributed by atoms with Crippen LogP contribution in [0.4, 0.5) is 5.69 Å². The molecular formula is C18H19ClN2O3. The Morgan fingerprint density at radius 2 is 1.92 bits per heavy atom. The van der Waals surface area contributed by atoms with Gasteiger partial charge in [-0.25, -0.2) is 4.79 Å². The van der Waals surface area contributed by atoms with Crippen molar-refractivity contribution < 1.29 is 14.3 Å². The highest BCUT2D eigenvalue weighted by Gasteiger charge is 2.12. The van der Waals surface area contributed by atoms with E-state index in [0.717, 1.165) is 5.56 Å². The number of amides is 1. The van der Waals surface area contributed by atoms with Gasteiger partial charge in [0.2, 0.25) is 5.91 Å². The van der Waals surface area contributed by atoms with Gasteiger partial charge in [0.1, 0.15) is 0 Å². The smallest absolute Gasteiger partial charge is 0.337 e. The van der Waals surface area contributed by atoms with Gasteiger partial charge in [0, 0.05) is 10.7 Å². The minimum absolute atomic E-state index is 0.0828. The molecule has 0 aromatic heterocycles. The highest BCUT2D eigenvalue weighted by Crippen LogP contribution is 2.22. The number of hydrogen-bond donors (Lipinski definition) is 2. The lowest BCUT2D eigenvalue weighted by Gasteiger charge is -2.16. The SMILES string of the molecule is COC(=O)c1cccc(NCC(=O)NC(C)c2ccccc2Cl)c1. The van der Waals surface area contributed by atoms with Crippen LogP contribution in [0.2, 0.25) is 5.02 Å². The summed E-state index contributed by atoms with van der Waals surface area (Å²) in [7, 11) is 1.33. The maximum absolute atomic E-state index is 12.1. The highest BCUT2D eigenvalue weighted by molar-refractivity contribution is 6.31. The summed E-state index contributed by atoms with van der Waals surface area (Å²) in [5.41, 5.74) is 1.95. The lowest BCUT2D eigenvalue weighted by molar-refractivity contribution is -0.120. The zero-order valence-electron chi connectivity index (χ0n) is 13.5. The Labute approximate surface area is 146 Å². The fraction of sp³-hybridized carbons (Fsp3) is 0.222. The van der Waals surface area contributed by atoms with Gasteiger partial charge < -0.3 is 15.4 Å². The van der Waals surface area contributed by atoms with Crippen LogP contribution in [0.25, 0.3) is 0 Å². The summed E-state index contributed by atoms with van der Waals surface area (Å²) in [6, 6.07) is 14.0. The van der Waals surface area contributed by atoms with Crippen LogP contribution in [0.1, 0.15) is 28.9 Å². The van der Waals surface area contributed by atoms with E-state index >= 15 is 0 Å². The maximum Gasteiger partial charge on any atom is 0.337 e. The van der Waals surface area contributed by atoms with E-state index in [2.05, 4.69) is 15.4 Å². The van der Waals surface area contributed by atoms with Crippen molar-refractivity contribution in [2.75, 3.05) is 19.0 Å². The predicted octanol–water partition coefficient (Wildman–Crippen LogP) is 3.42. The average Bonchev–Trinajstić information content (AvgIpc) is 2.59. The minimum atomic E-state index is -0.421. The van der Waals surface area contributed by atoms with Gasteiger partial charge in [-0.15, -0.1) is 0 Å². The second-order valence-corrected chi connectivity index (χ2v) is 5.64. The van der Waals surface area contributed by atoms with Gasteiger partial charge in [0.05, 0.1) is 25.3 Å². The molecular weight excluding hydrogens is 328 g/mol. The van der Waals surface area contributed by atoms with E-state index in [1.54, 1.807) is 30.3 Å². The Morgan fingerprint density at radius 1 is 1.17 bits per heavy atom. The van der Waals surface area contributed by atoms with Crippen molar-refractivity contribution in [2.24, 2.45) is 0 Å². The average molecular weight is 347 g/mol. The number of hydrogen-bond acceptors (Lipinski definition) is 4. The molecule has 126 valence electrons. The van der Waals surface area contributed by atoms with Gasteiger partial charge in [-0.2, -0.15) is 0 Å². The molecule has 0 bridgehead atoms. The lowest BCUT2D eigenvalue weighted by Crippen LogP contribution is -2.32. The van der Waals surface area contributed by atoms with Crippen molar-refractivity contribution in [2.45, 2.75) is 13.0 Å². The normalized spacial score (nSPS) is 11.5. The van der Waals surface area contributed by atoms with E-state index in [1.807, 2.05) is 25.1 Å². The van der Waals surface area contributed by atoms with Crippen LogP contribution in [0, 0.1) is 0 Å². The molecule has 0 saturated heterocycles. The number of anilines is 1. The molecule has 1 atom stereocenters. The Balaban J connectivity index is 1.92. The second kappa shape index (κ2) is 8.36. The van der Waals surface area contributed by atoms with Gasteiger partial charge in [-0.3, -0.25) is 4.79 Å². The first-order valence-corrected chi connectivity index (χ1v) is 7.85. The van der Waals surface area contributed by atoms with Crippen LogP contribution >= 0.6 is 11.6 Å². The molecule has 2 N–H and O–H groups in total. The Bertz CT molecular complexity index is 734. The zero-order valence-corrected chi connectivity index (χ0v) is 14.3. The van der Waals surface area contributed by atoms with Crippen LogP contribution in [-0.2, 0) is 9.53 Å². The number of carbonyl (C=O) groups is 2. The molecule has 0 aliphatic heterocycles. The molecule has 2 aromatic rings. The van der Waals surface area contributed by atoms with E-state index < -0.39 is 5.97 Å². The van der Waals surface area contributed by atoms with E-state index in [-0.39, 0.29) is 18.5 Å². The van der Waals surface area contributed by atoms with Crippen molar-refractivity contribution in [3.63, 3.8) is 0 Å². The largest absolute Gasteiger partial charge is 0.465 e. The number of nitrogens with one attached hydrogen (secondary N) is 2.